The molecule has 0 aromatic heterocycles. The third-order valence-electron chi connectivity index (χ3n) is 9.99. The van der Waals surface area contributed by atoms with Gasteiger partial charge in [0.25, 0.3) is 0 Å². The highest BCUT2D eigenvalue weighted by atomic mass is 14.2. The predicted octanol–water partition coefficient (Wildman–Crippen LogP) is 13.1. The highest BCUT2D eigenvalue weighted by molar-refractivity contribution is 6.35. The van der Waals surface area contributed by atoms with Crippen molar-refractivity contribution in [2.75, 3.05) is 0 Å². The maximum Gasteiger partial charge on any atom is -0.00137 e. The lowest BCUT2D eigenvalue weighted by Gasteiger charge is -2.20. The largest absolute Gasteiger partial charge is 0.0616 e. The summed E-state index contributed by atoms with van der Waals surface area (Å²) in [7, 11) is 0. The molecule has 0 amide bonds. The van der Waals surface area contributed by atoms with Crippen molar-refractivity contribution in [1.82, 2.24) is 0 Å². The van der Waals surface area contributed by atoms with E-state index in [0.717, 1.165) is 0 Å². The molecule has 0 nitrogen and oxygen atoms in total. The average molecular weight is 581 g/mol. The first-order chi connectivity index (χ1) is 22.8. The number of hydrogen-bond donors (Lipinski definition) is 0. The molecule has 0 aliphatic carbocycles. The van der Waals surface area contributed by atoms with Gasteiger partial charge in [-0.05, 0) is 110 Å². The molecule has 46 heavy (non-hydrogen) atoms. The van der Waals surface area contributed by atoms with Crippen LogP contribution in [-0.4, -0.2) is 0 Å². The van der Waals surface area contributed by atoms with Crippen LogP contribution in [0.3, 0.4) is 0 Å². The van der Waals surface area contributed by atoms with E-state index in [1.54, 1.807) is 0 Å². The zero-order valence-corrected chi connectivity index (χ0v) is 25.2. The maximum absolute atomic E-state index is 2.41. The summed E-state index contributed by atoms with van der Waals surface area (Å²) in [6.45, 7) is 0. The Kier molecular flexibility index (Phi) is 5.38. The maximum atomic E-state index is 2.41. The van der Waals surface area contributed by atoms with Gasteiger partial charge in [-0.3, -0.25) is 0 Å². The van der Waals surface area contributed by atoms with Crippen LogP contribution in [0.4, 0.5) is 0 Å². The van der Waals surface area contributed by atoms with Crippen LogP contribution >= 0.6 is 0 Å². The third-order valence-corrected chi connectivity index (χ3v) is 9.99. The second-order valence-corrected chi connectivity index (χ2v) is 12.4. The van der Waals surface area contributed by atoms with Gasteiger partial charge in [-0.15, -0.1) is 0 Å². The quantitative estimate of drug-likeness (QED) is 0.141. The molecular weight excluding hydrogens is 553 g/mol. The number of rotatable bonds is 2. The molecular formula is C46H28. The van der Waals surface area contributed by atoms with Crippen molar-refractivity contribution >= 4 is 75.4 Å². The van der Waals surface area contributed by atoms with E-state index in [4.69, 9.17) is 0 Å². The lowest BCUT2D eigenvalue weighted by atomic mass is 9.82. The fourth-order valence-corrected chi connectivity index (χ4v) is 7.96. The van der Waals surface area contributed by atoms with Crippen molar-refractivity contribution in [2.24, 2.45) is 0 Å². The Hall–Kier alpha value is -5.98. The van der Waals surface area contributed by atoms with Gasteiger partial charge in [0.1, 0.15) is 0 Å². The first-order valence-corrected chi connectivity index (χ1v) is 16.0. The molecule has 10 rings (SSSR count). The van der Waals surface area contributed by atoms with Gasteiger partial charge in [0.15, 0.2) is 0 Å². The van der Waals surface area contributed by atoms with Gasteiger partial charge in [0, 0.05) is 0 Å². The van der Waals surface area contributed by atoms with Gasteiger partial charge in [-0.1, -0.05) is 158 Å². The van der Waals surface area contributed by atoms with Crippen molar-refractivity contribution in [3.63, 3.8) is 0 Å². The Morgan fingerprint density at radius 2 is 0.739 bits per heavy atom. The molecule has 0 saturated carbocycles. The van der Waals surface area contributed by atoms with Gasteiger partial charge in [0.2, 0.25) is 0 Å². The molecule has 0 fully saturated rings. The van der Waals surface area contributed by atoms with Gasteiger partial charge in [-0.25, -0.2) is 0 Å². The molecule has 0 heterocycles. The molecule has 0 heteroatoms. The van der Waals surface area contributed by atoms with Gasteiger partial charge < -0.3 is 0 Å². The Morgan fingerprint density at radius 1 is 0.217 bits per heavy atom. The molecule has 0 spiro atoms. The molecule has 212 valence electrons. The van der Waals surface area contributed by atoms with E-state index in [-0.39, 0.29) is 0 Å². The van der Waals surface area contributed by atoms with E-state index in [1.165, 1.54) is 97.7 Å². The molecule has 0 bridgehead atoms. The van der Waals surface area contributed by atoms with Crippen molar-refractivity contribution in [2.45, 2.75) is 0 Å². The Morgan fingerprint density at radius 3 is 1.52 bits per heavy atom. The molecule has 0 aliphatic heterocycles. The molecule has 0 saturated heterocycles. The minimum absolute atomic E-state index is 1.25. The second kappa shape index (κ2) is 9.76. The summed E-state index contributed by atoms with van der Waals surface area (Å²) in [5.74, 6) is 0. The van der Waals surface area contributed by atoms with Crippen molar-refractivity contribution in [3.05, 3.63) is 170 Å². The summed E-state index contributed by atoms with van der Waals surface area (Å²) in [4.78, 5) is 0. The average Bonchev–Trinajstić information content (AvgIpc) is 3.13. The third kappa shape index (κ3) is 3.62. The second-order valence-electron chi connectivity index (χ2n) is 12.4. The standard InChI is InChI=1S/C46H28/c1-2-14-32-28-43-33(27-31(32)13-1)24-26-40(36-20-9-15-29-11-3-5-16-34(29)36)44(43)42-22-10-21-39-37-18-7-8-19-38(37)41-25-23-30-12-4-6-17-35(30)45(41)46(39)42/h1-28H. The van der Waals surface area contributed by atoms with E-state index < -0.39 is 0 Å². The van der Waals surface area contributed by atoms with Crippen molar-refractivity contribution in [1.29, 1.82) is 0 Å². The van der Waals surface area contributed by atoms with Crippen LogP contribution in [0.1, 0.15) is 0 Å². The number of benzene rings is 10. The first-order valence-electron chi connectivity index (χ1n) is 16.0. The van der Waals surface area contributed by atoms with Gasteiger partial charge >= 0.3 is 0 Å². The van der Waals surface area contributed by atoms with Gasteiger partial charge in [-0.2, -0.15) is 0 Å². The van der Waals surface area contributed by atoms with Crippen LogP contribution in [0.5, 0.6) is 0 Å². The van der Waals surface area contributed by atoms with E-state index in [1.807, 2.05) is 0 Å². The normalized spacial score (nSPS) is 11.9. The summed E-state index contributed by atoms with van der Waals surface area (Å²) < 4.78 is 0. The zero-order valence-electron chi connectivity index (χ0n) is 25.2. The summed E-state index contributed by atoms with van der Waals surface area (Å²) in [6, 6.07) is 63.0. The molecule has 10 aromatic carbocycles. The molecule has 10 aromatic rings. The summed E-state index contributed by atoms with van der Waals surface area (Å²) in [6.07, 6.45) is 0. The van der Waals surface area contributed by atoms with Crippen LogP contribution in [-0.2, 0) is 0 Å². The highest BCUT2D eigenvalue weighted by Gasteiger charge is 2.20. The van der Waals surface area contributed by atoms with Crippen molar-refractivity contribution in [3.8, 4) is 22.3 Å². The van der Waals surface area contributed by atoms with Crippen LogP contribution in [0.2, 0.25) is 0 Å². The van der Waals surface area contributed by atoms with E-state index in [0.29, 0.717) is 0 Å². The fraction of sp³-hybridized carbons (Fsp3) is 0. The summed E-state index contributed by atoms with van der Waals surface area (Å²) in [5, 5.41) is 17.9. The van der Waals surface area contributed by atoms with E-state index in [9.17, 15) is 0 Å². The highest BCUT2D eigenvalue weighted by Crippen LogP contribution is 2.48. The minimum Gasteiger partial charge on any atom is -0.0616 e. The van der Waals surface area contributed by atoms with Crippen LogP contribution in [0, 0.1) is 0 Å². The smallest absolute Gasteiger partial charge is 0.00137 e. The monoisotopic (exact) mass is 580 g/mol. The number of fused-ring (bicyclic) bond motifs is 11. The Labute approximate surface area is 266 Å². The Balaban J connectivity index is 1.47. The lowest BCUT2D eigenvalue weighted by molar-refractivity contribution is 1.66. The predicted molar refractivity (Wildman–Crippen MR) is 200 cm³/mol. The van der Waals surface area contributed by atoms with Gasteiger partial charge in [0.05, 0.1) is 0 Å². The number of hydrogen-bond acceptors (Lipinski definition) is 0. The van der Waals surface area contributed by atoms with Crippen LogP contribution in [0.15, 0.2) is 170 Å². The SMILES string of the molecule is c1ccc2cc3c(-c4cccc5c6ccccc6c6ccc7ccccc7c6c45)c(-c4cccc5ccccc45)ccc3cc2c1. The van der Waals surface area contributed by atoms with Crippen molar-refractivity contribution < 1.29 is 0 Å². The molecule has 0 unspecified atom stereocenters. The summed E-state index contributed by atoms with van der Waals surface area (Å²) in [5.41, 5.74) is 5.08. The van der Waals surface area contributed by atoms with Crippen LogP contribution in [0.25, 0.3) is 97.7 Å². The van der Waals surface area contributed by atoms with Crippen LogP contribution < -0.4 is 0 Å². The molecule has 0 N–H and O–H groups in total. The molecule has 0 aliphatic rings. The topological polar surface area (TPSA) is 0 Å². The fourth-order valence-electron chi connectivity index (χ4n) is 7.96. The zero-order chi connectivity index (χ0) is 30.2. The molecule has 0 radical (unpaired) electrons. The Bertz CT molecular complexity index is 2850. The summed E-state index contributed by atoms with van der Waals surface area (Å²) >= 11 is 0. The van der Waals surface area contributed by atoms with E-state index in [2.05, 4.69) is 170 Å². The first kappa shape index (κ1) is 25.4. The minimum atomic E-state index is 1.25. The van der Waals surface area contributed by atoms with E-state index >= 15 is 0 Å². The molecule has 0 atom stereocenters. The lowest BCUT2D eigenvalue weighted by Crippen LogP contribution is -1.93.